The number of hydrogen-bond acceptors (Lipinski definition) is 7. The van der Waals surface area contributed by atoms with Crippen molar-refractivity contribution in [1.29, 1.82) is 0 Å². The highest BCUT2D eigenvalue weighted by Gasteiger charge is 2.26. The lowest BCUT2D eigenvalue weighted by molar-refractivity contribution is -0.117. The summed E-state index contributed by atoms with van der Waals surface area (Å²) >= 11 is 0. The van der Waals surface area contributed by atoms with E-state index in [-0.39, 0.29) is 18.4 Å². The lowest BCUT2D eigenvalue weighted by Crippen LogP contribution is -2.50. The summed E-state index contributed by atoms with van der Waals surface area (Å²) in [4.78, 5) is 22.1. The van der Waals surface area contributed by atoms with E-state index in [0.717, 1.165) is 7.11 Å². The van der Waals surface area contributed by atoms with Crippen LogP contribution < -0.4 is 16.0 Å². The van der Waals surface area contributed by atoms with Crippen LogP contribution in [0.3, 0.4) is 0 Å². The molecule has 0 heterocycles. The molecule has 2 amide bonds. The van der Waals surface area contributed by atoms with Gasteiger partial charge in [-0.1, -0.05) is 13.2 Å². The number of carbonyl (C=O) groups is 2. The zero-order valence-electron chi connectivity index (χ0n) is 14.4. The zero-order chi connectivity index (χ0) is 19.9. The van der Waals surface area contributed by atoms with Crippen molar-refractivity contribution < 1.29 is 31.8 Å². The minimum atomic E-state index is -4.16. The van der Waals surface area contributed by atoms with E-state index in [2.05, 4.69) is 33.3 Å². The van der Waals surface area contributed by atoms with E-state index in [1.165, 1.54) is 12.2 Å². The number of rotatable bonds is 11. The van der Waals surface area contributed by atoms with Crippen molar-refractivity contribution in [3.8, 4) is 0 Å². The van der Waals surface area contributed by atoms with Crippen LogP contribution in [0.4, 0.5) is 0 Å². The van der Waals surface area contributed by atoms with E-state index >= 15 is 0 Å². The lowest BCUT2D eigenvalue weighted by atomic mass is 9.92. The second kappa shape index (κ2) is 13.5. The fourth-order valence-electron chi connectivity index (χ4n) is 1.61. The van der Waals surface area contributed by atoms with Gasteiger partial charge in [0.25, 0.3) is 0 Å². The van der Waals surface area contributed by atoms with Crippen molar-refractivity contribution in [3.63, 3.8) is 0 Å². The molecule has 0 saturated carbocycles. The lowest BCUT2D eigenvalue weighted by Gasteiger charge is -2.31. The molecule has 0 rings (SSSR count). The maximum atomic E-state index is 11.0. The Balaban J connectivity index is 0. The summed E-state index contributed by atoms with van der Waals surface area (Å²) in [5, 5.41) is 17.8. The molecule has 25 heavy (non-hydrogen) atoms. The van der Waals surface area contributed by atoms with Crippen molar-refractivity contribution in [2.45, 2.75) is 18.4 Å². The van der Waals surface area contributed by atoms with Gasteiger partial charge in [-0.3, -0.25) is 18.3 Å². The molecule has 0 unspecified atom stereocenters. The predicted octanol–water partition coefficient (Wildman–Crippen LogP) is -1.24. The molecule has 5 N–H and O–H groups in total. The predicted molar refractivity (Wildman–Crippen MR) is 93.1 cm³/mol. The molecule has 0 aromatic heterocycles. The van der Waals surface area contributed by atoms with Crippen molar-refractivity contribution in [2.24, 2.45) is 0 Å². The second-order valence-electron chi connectivity index (χ2n) is 4.77. The minimum absolute atomic E-state index is 0.0859. The first kappa shape index (κ1) is 25.5. The second-order valence-corrected chi connectivity index (χ2v) is 5.96. The van der Waals surface area contributed by atoms with Gasteiger partial charge in [0.1, 0.15) is 0 Å². The maximum Gasteiger partial charge on any atom is 0.397 e. The fraction of sp³-hybridized carbons (Fsp3) is 0.571. The van der Waals surface area contributed by atoms with Crippen molar-refractivity contribution in [2.75, 3.05) is 33.9 Å². The summed E-state index contributed by atoms with van der Waals surface area (Å²) in [5.41, 5.74) is -0.539. The van der Waals surface area contributed by atoms with Gasteiger partial charge in [-0.2, -0.15) is 8.42 Å². The molecule has 10 nitrogen and oxygen atoms in total. The summed E-state index contributed by atoms with van der Waals surface area (Å²) in [6.07, 6.45) is 3.49. The molecule has 0 spiro atoms. The van der Waals surface area contributed by atoms with E-state index in [4.69, 9.17) is 4.55 Å². The molecule has 0 bridgehead atoms. The third-order valence-corrected chi connectivity index (χ3v) is 3.64. The van der Waals surface area contributed by atoms with Crippen LogP contribution in [0.2, 0.25) is 0 Å². The third-order valence-electron chi connectivity index (χ3n) is 3.22. The molecule has 0 aromatic rings. The van der Waals surface area contributed by atoms with Gasteiger partial charge in [-0.25, -0.2) is 0 Å². The summed E-state index contributed by atoms with van der Waals surface area (Å²) < 4.78 is 29.7. The highest BCUT2D eigenvalue weighted by molar-refractivity contribution is 7.80. The Labute approximate surface area is 148 Å². The number of amides is 2. The normalized spacial score (nSPS) is 10.9. The Hall–Kier alpha value is -1.79. The number of aliphatic hydroxyl groups is 1. The maximum absolute atomic E-state index is 11.0. The summed E-state index contributed by atoms with van der Waals surface area (Å²) in [6.45, 7) is 7.47. The molecule has 0 aromatic carbocycles. The highest BCUT2D eigenvalue weighted by Crippen LogP contribution is 2.13. The van der Waals surface area contributed by atoms with Crippen LogP contribution in [0, 0.1) is 0 Å². The minimum Gasteiger partial charge on any atom is -0.394 e. The molecule has 0 atom stereocenters. The van der Waals surface area contributed by atoms with Crippen LogP contribution in [0.1, 0.15) is 12.8 Å². The zero-order valence-corrected chi connectivity index (χ0v) is 15.3. The number of hydrogen-bond donors (Lipinski definition) is 5. The Morgan fingerprint density at radius 3 is 1.68 bits per heavy atom. The number of nitrogens with one attached hydrogen (secondary N) is 3. The Kier molecular flexibility index (Phi) is 13.7. The van der Waals surface area contributed by atoms with Gasteiger partial charge in [0.2, 0.25) is 11.8 Å². The molecule has 0 aliphatic heterocycles. The molecular weight excluding hydrogens is 354 g/mol. The van der Waals surface area contributed by atoms with Crippen LogP contribution in [-0.2, 0) is 24.2 Å². The topological polar surface area (TPSA) is 154 Å². The van der Waals surface area contributed by atoms with Crippen LogP contribution in [-0.4, -0.2) is 69.3 Å². The van der Waals surface area contributed by atoms with E-state index in [1.807, 2.05) is 0 Å². The fourth-order valence-corrected chi connectivity index (χ4v) is 1.61. The number of likely N-dealkylation sites (N-methyl/N-ethyl adjacent to an activating group) is 1. The largest absolute Gasteiger partial charge is 0.397 e. The first-order chi connectivity index (χ1) is 11.6. The summed E-state index contributed by atoms with van der Waals surface area (Å²) in [5.74, 6) is -0.495. The first-order valence-electron chi connectivity index (χ1n) is 7.23. The van der Waals surface area contributed by atoms with E-state index < -0.39 is 15.9 Å². The first-order valence-corrected chi connectivity index (χ1v) is 8.59. The van der Waals surface area contributed by atoms with Crippen LogP contribution >= 0.6 is 0 Å². The summed E-state index contributed by atoms with van der Waals surface area (Å²) in [7, 11) is -1.55. The van der Waals surface area contributed by atoms with Crippen LogP contribution in [0.15, 0.2) is 25.3 Å². The monoisotopic (exact) mass is 381 g/mol. The Bertz CT molecular complexity index is 503. The van der Waals surface area contributed by atoms with Gasteiger partial charge in [-0.05, 0) is 32.0 Å². The Morgan fingerprint density at radius 1 is 1.12 bits per heavy atom. The molecule has 0 radical (unpaired) electrons. The molecular formula is C14H27N3O7S. The smallest absolute Gasteiger partial charge is 0.394 e. The number of carbonyl (C=O) groups excluding carboxylic acids is 2. The quantitative estimate of drug-likeness (QED) is 0.220. The number of aliphatic hydroxyl groups excluding tert-OH is 1. The van der Waals surface area contributed by atoms with Gasteiger partial charge in [0.15, 0.2) is 0 Å². The van der Waals surface area contributed by atoms with E-state index in [9.17, 15) is 23.1 Å². The van der Waals surface area contributed by atoms with Crippen LogP contribution in [0.5, 0.6) is 0 Å². The molecule has 0 fully saturated rings. The third kappa shape index (κ3) is 14.3. The van der Waals surface area contributed by atoms with Crippen molar-refractivity contribution in [3.05, 3.63) is 25.3 Å². The highest BCUT2D eigenvalue weighted by atomic mass is 32.3. The molecule has 0 saturated heterocycles. The molecule has 0 aliphatic rings. The van der Waals surface area contributed by atoms with Crippen LogP contribution in [0.25, 0.3) is 0 Å². The van der Waals surface area contributed by atoms with Crippen molar-refractivity contribution in [1.82, 2.24) is 16.0 Å². The standard InChI is InChI=1S/C13H23N3O3.CH4O4S/c1-4-11(18)15-8-6-13(10-17,14-3)7-9-16-12(19)5-2;1-5-6(2,3)4/h4-5,14,17H,1-2,6-10H2,3H3,(H,15,18)(H,16,19);1H3,(H,2,3,4). The van der Waals surface area contributed by atoms with Gasteiger partial charge < -0.3 is 21.1 Å². The van der Waals surface area contributed by atoms with Gasteiger partial charge in [-0.15, -0.1) is 0 Å². The average Bonchev–Trinajstić information content (AvgIpc) is 2.59. The van der Waals surface area contributed by atoms with Gasteiger partial charge in [0.05, 0.1) is 13.7 Å². The summed E-state index contributed by atoms with van der Waals surface area (Å²) in [6, 6.07) is 0. The van der Waals surface area contributed by atoms with Gasteiger partial charge in [0, 0.05) is 18.6 Å². The van der Waals surface area contributed by atoms with Gasteiger partial charge >= 0.3 is 10.4 Å². The molecule has 0 aliphatic carbocycles. The van der Waals surface area contributed by atoms with E-state index in [1.54, 1.807) is 7.05 Å². The SMILES string of the molecule is C=CC(=O)NCCC(CO)(CCNC(=O)C=C)NC.COS(=O)(=O)O. The Morgan fingerprint density at radius 2 is 1.48 bits per heavy atom. The van der Waals surface area contributed by atoms with Crippen molar-refractivity contribution >= 4 is 22.2 Å². The van der Waals surface area contributed by atoms with E-state index in [0.29, 0.717) is 25.9 Å². The molecule has 11 heteroatoms. The average molecular weight is 381 g/mol. The molecule has 146 valence electrons.